The summed E-state index contributed by atoms with van der Waals surface area (Å²) in [6.07, 6.45) is 4.06. The number of aromatic amines is 1. The van der Waals surface area contributed by atoms with Crippen molar-refractivity contribution in [3.63, 3.8) is 0 Å². The van der Waals surface area contributed by atoms with Crippen molar-refractivity contribution in [1.82, 2.24) is 15.5 Å². The lowest BCUT2D eigenvalue weighted by Gasteiger charge is -2.17. The molecule has 92 valence electrons. The van der Waals surface area contributed by atoms with Crippen LogP contribution < -0.4 is 5.32 Å². The molecular weight excluding hydrogens is 294 g/mol. The number of fused-ring (bicyclic) bond motifs is 1. The predicted octanol–water partition coefficient (Wildman–Crippen LogP) is 2.20. The van der Waals surface area contributed by atoms with Crippen LogP contribution in [0.5, 0.6) is 0 Å². The van der Waals surface area contributed by atoms with Crippen molar-refractivity contribution >= 4 is 21.8 Å². The molecule has 2 aromatic rings. The molecule has 0 saturated heterocycles. The second kappa shape index (κ2) is 4.57. The van der Waals surface area contributed by atoms with Crippen LogP contribution in [0.2, 0.25) is 0 Å². The van der Waals surface area contributed by atoms with Crippen molar-refractivity contribution < 1.29 is 4.79 Å². The molecule has 2 atom stereocenters. The topological polar surface area (TPSA) is 57.8 Å². The summed E-state index contributed by atoms with van der Waals surface area (Å²) >= 11 is 3.64. The Hall–Kier alpha value is -1.62. The number of amides is 1. The van der Waals surface area contributed by atoms with E-state index in [0.29, 0.717) is 5.56 Å². The first-order valence-electron chi connectivity index (χ1n) is 5.77. The Bertz CT molecular complexity index is 567. The van der Waals surface area contributed by atoms with Gasteiger partial charge in [-0.25, -0.2) is 0 Å². The van der Waals surface area contributed by atoms with Crippen LogP contribution in [0.4, 0.5) is 0 Å². The minimum Gasteiger partial charge on any atom is -0.344 e. The minimum atomic E-state index is -0.102. The molecule has 0 spiro atoms. The average Bonchev–Trinajstić information content (AvgIpc) is 2.98. The lowest BCUT2D eigenvalue weighted by atomic mass is 10.1. The molecule has 4 nitrogen and oxygen atoms in total. The van der Waals surface area contributed by atoms with Gasteiger partial charge in [-0.2, -0.15) is 5.10 Å². The van der Waals surface area contributed by atoms with Crippen LogP contribution in [0.3, 0.4) is 0 Å². The highest BCUT2D eigenvalue weighted by atomic mass is 79.9. The molecule has 0 bridgehead atoms. The smallest absolute Gasteiger partial charge is 0.254 e. The molecule has 18 heavy (non-hydrogen) atoms. The maximum atomic E-state index is 12.0. The van der Waals surface area contributed by atoms with Crippen LogP contribution in [0.1, 0.15) is 27.5 Å². The summed E-state index contributed by atoms with van der Waals surface area (Å²) in [4.78, 5) is 12.3. The molecule has 1 amide bonds. The zero-order valence-corrected chi connectivity index (χ0v) is 11.1. The first kappa shape index (κ1) is 11.5. The molecule has 0 aliphatic heterocycles. The molecule has 1 aromatic carbocycles. The summed E-state index contributed by atoms with van der Waals surface area (Å²) in [5, 5.41) is 9.47. The van der Waals surface area contributed by atoms with E-state index >= 15 is 0 Å². The summed E-state index contributed by atoms with van der Waals surface area (Å²) in [6.45, 7) is 0. The van der Waals surface area contributed by atoms with Crippen LogP contribution in [-0.2, 0) is 6.42 Å². The molecule has 2 N–H and O–H groups in total. The van der Waals surface area contributed by atoms with Crippen LogP contribution in [0.15, 0.2) is 36.7 Å². The fourth-order valence-electron chi connectivity index (χ4n) is 2.31. The van der Waals surface area contributed by atoms with Gasteiger partial charge in [-0.3, -0.25) is 9.89 Å². The number of benzene rings is 1. The van der Waals surface area contributed by atoms with E-state index in [0.717, 1.165) is 6.42 Å². The van der Waals surface area contributed by atoms with Crippen molar-refractivity contribution in [3.05, 3.63) is 53.3 Å². The van der Waals surface area contributed by atoms with Gasteiger partial charge in [0.05, 0.1) is 17.8 Å². The lowest BCUT2D eigenvalue weighted by Crippen LogP contribution is -2.31. The number of nitrogens with zero attached hydrogens (tertiary/aromatic N) is 1. The predicted molar refractivity (Wildman–Crippen MR) is 71.7 cm³/mol. The van der Waals surface area contributed by atoms with E-state index in [9.17, 15) is 4.79 Å². The first-order chi connectivity index (χ1) is 8.75. The molecule has 2 unspecified atom stereocenters. The molecular formula is C13H12BrN3O. The van der Waals surface area contributed by atoms with Crippen LogP contribution in [-0.4, -0.2) is 20.9 Å². The van der Waals surface area contributed by atoms with Crippen LogP contribution in [0, 0.1) is 0 Å². The van der Waals surface area contributed by atoms with Crippen molar-refractivity contribution in [2.45, 2.75) is 17.3 Å². The van der Waals surface area contributed by atoms with Gasteiger partial charge in [-0.1, -0.05) is 40.2 Å². The fourth-order valence-corrected chi connectivity index (χ4v) is 3.08. The Kier molecular flexibility index (Phi) is 2.91. The van der Waals surface area contributed by atoms with E-state index in [1.165, 1.54) is 17.3 Å². The third-order valence-corrected chi connectivity index (χ3v) is 4.07. The maximum absolute atomic E-state index is 12.0. The summed E-state index contributed by atoms with van der Waals surface area (Å²) in [5.41, 5.74) is 3.03. The Balaban J connectivity index is 1.83. The van der Waals surface area contributed by atoms with Crippen molar-refractivity contribution in [3.8, 4) is 0 Å². The maximum Gasteiger partial charge on any atom is 0.254 e. The van der Waals surface area contributed by atoms with Gasteiger partial charge < -0.3 is 5.32 Å². The largest absolute Gasteiger partial charge is 0.344 e. The highest BCUT2D eigenvalue weighted by molar-refractivity contribution is 9.09. The molecule has 1 heterocycles. The number of aromatic nitrogens is 2. The highest BCUT2D eigenvalue weighted by Crippen LogP contribution is 2.35. The van der Waals surface area contributed by atoms with E-state index in [1.807, 2.05) is 12.1 Å². The molecule has 0 radical (unpaired) electrons. The monoisotopic (exact) mass is 305 g/mol. The van der Waals surface area contributed by atoms with E-state index in [1.54, 1.807) is 6.20 Å². The van der Waals surface area contributed by atoms with Gasteiger partial charge in [0.1, 0.15) is 0 Å². The van der Waals surface area contributed by atoms with Gasteiger partial charge in [0, 0.05) is 11.0 Å². The summed E-state index contributed by atoms with van der Waals surface area (Å²) in [6, 6.07) is 8.22. The molecule has 3 rings (SSSR count). The number of rotatable bonds is 2. The molecule has 0 fully saturated rings. The van der Waals surface area contributed by atoms with Gasteiger partial charge in [0.15, 0.2) is 0 Å². The Morgan fingerprint density at radius 3 is 3.06 bits per heavy atom. The Labute approximate surface area is 113 Å². The van der Waals surface area contributed by atoms with Gasteiger partial charge >= 0.3 is 0 Å². The molecule has 0 saturated carbocycles. The molecule has 1 aromatic heterocycles. The lowest BCUT2D eigenvalue weighted by molar-refractivity contribution is 0.0938. The summed E-state index contributed by atoms with van der Waals surface area (Å²) < 4.78 is 0. The zero-order chi connectivity index (χ0) is 12.5. The van der Waals surface area contributed by atoms with Crippen molar-refractivity contribution in [2.24, 2.45) is 0 Å². The average molecular weight is 306 g/mol. The fraction of sp³-hybridized carbons (Fsp3) is 0.231. The van der Waals surface area contributed by atoms with Crippen molar-refractivity contribution in [2.75, 3.05) is 0 Å². The number of nitrogens with one attached hydrogen (secondary N) is 2. The number of H-pyrrole nitrogens is 1. The van der Waals surface area contributed by atoms with E-state index in [-0.39, 0.29) is 16.8 Å². The first-order valence-corrected chi connectivity index (χ1v) is 6.69. The summed E-state index contributed by atoms with van der Waals surface area (Å²) in [5.74, 6) is -0.102. The van der Waals surface area contributed by atoms with Crippen molar-refractivity contribution in [1.29, 1.82) is 0 Å². The quantitative estimate of drug-likeness (QED) is 0.836. The van der Waals surface area contributed by atoms with Gasteiger partial charge in [0.2, 0.25) is 0 Å². The highest BCUT2D eigenvalue weighted by Gasteiger charge is 2.31. The summed E-state index contributed by atoms with van der Waals surface area (Å²) in [7, 11) is 0. The van der Waals surface area contributed by atoms with Crippen LogP contribution >= 0.6 is 15.9 Å². The Morgan fingerprint density at radius 1 is 1.44 bits per heavy atom. The van der Waals surface area contributed by atoms with E-state index in [2.05, 4.69) is 43.6 Å². The second-order valence-electron chi connectivity index (χ2n) is 4.36. The Morgan fingerprint density at radius 2 is 2.28 bits per heavy atom. The number of carbonyl (C=O) groups excluding carboxylic acids is 1. The minimum absolute atomic E-state index is 0.0172. The van der Waals surface area contributed by atoms with Gasteiger partial charge in [-0.15, -0.1) is 0 Å². The molecule has 5 heteroatoms. The van der Waals surface area contributed by atoms with Crippen LogP contribution in [0.25, 0.3) is 0 Å². The normalized spacial score (nSPS) is 21.6. The van der Waals surface area contributed by atoms with E-state index < -0.39 is 0 Å². The zero-order valence-electron chi connectivity index (χ0n) is 9.56. The number of halogens is 1. The third-order valence-electron chi connectivity index (χ3n) is 3.21. The molecule has 1 aliphatic rings. The number of alkyl halides is 1. The van der Waals surface area contributed by atoms with E-state index in [4.69, 9.17) is 0 Å². The second-order valence-corrected chi connectivity index (χ2v) is 5.53. The SMILES string of the molecule is O=C(NC1c2ccccc2CC1Br)c1cn[nH]c1. The standard InChI is InChI=1S/C13H12BrN3O/c14-11-5-8-3-1-2-4-10(8)12(11)17-13(18)9-6-15-16-7-9/h1-4,6-7,11-12H,5H2,(H,15,16)(H,17,18). The van der Waals surface area contributed by atoms with Gasteiger partial charge in [0.25, 0.3) is 5.91 Å². The number of hydrogen-bond acceptors (Lipinski definition) is 2. The van der Waals surface area contributed by atoms with Gasteiger partial charge in [-0.05, 0) is 17.5 Å². The molecule has 1 aliphatic carbocycles. The number of hydrogen-bond donors (Lipinski definition) is 2. The number of carbonyl (C=O) groups is 1. The third kappa shape index (κ3) is 1.95.